The SMILES string of the molecule is COc1ccc([C@H]2C(C(=O)Nc3ccccc3)=C(C)N=c3s/c(=C/c4cn(Cc5ccc(Cl)cc5)c5ccccc45)c(=O)n32)cc1. The van der Waals surface area contributed by atoms with Crippen LogP contribution in [-0.4, -0.2) is 22.2 Å². The minimum atomic E-state index is -0.681. The summed E-state index contributed by atoms with van der Waals surface area (Å²) < 4.78 is 9.73. The van der Waals surface area contributed by atoms with Gasteiger partial charge in [0.15, 0.2) is 4.80 Å². The molecule has 1 aliphatic heterocycles. The molecule has 1 amide bonds. The smallest absolute Gasteiger partial charge is 0.271 e. The maximum absolute atomic E-state index is 14.3. The van der Waals surface area contributed by atoms with Gasteiger partial charge in [0, 0.05) is 39.9 Å². The Kier molecular flexibility index (Phi) is 7.90. The maximum Gasteiger partial charge on any atom is 0.271 e. The molecule has 1 N–H and O–H groups in total. The van der Waals surface area contributed by atoms with Crippen molar-refractivity contribution in [1.29, 1.82) is 0 Å². The molecule has 0 radical (unpaired) electrons. The van der Waals surface area contributed by atoms with Gasteiger partial charge in [-0.1, -0.05) is 83.6 Å². The van der Waals surface area contributed by atoms with E-state index in [0.717, 1.165) is 27.6 Å². The first kappa shape index (κ1) is 29.5. The van der Waals surface area contributed by atoms with Crippen molar-refractivity contribution in [3.63, 3.8) is 0 Å². The predicted octanol–water partition coefficient (Wildman–Crippen LogP) is 6.54. The Bertz CT molecular complexity index is 2300. The van der Waals surface area contributed by atoms with E-state index in [1.165, 1.54) is 11.3 Å². The van der Waals surface area contributed by atoms with Gasteiger partial charge in [0.25, 0.3) is 11.5 Å². The highest BCUT2D eigenvalue weighted by Gasteiger charge is 2.32. The number of ether oxygens (including phenoxy) is 1. The summed E-state index contributed by atoms with van der Waals surface area (Å²) in [4.78, 5) is 33.5. The number of hydrogen-bond acceptors (Lipinski definition) is 5. The maximum atomic E-state index is 14.3. The number of nitrogens with zero attached hydrogens (tertiary/aromatic N) is 3. The van der Waals surface area contributed by atoms with Gasteiger partial charge in [0.2, 0.25) is 0 Å². The molecule has 0 spiro atoms. The minimum absolute atomic E-state index is 0.211. The van der Waals surface area contributed by atoms with Crippen LogP contribution in [0.5, 0.6) is 5.75 Å². The third-order valence-electron chi connectivity index (χ3n) is 8.10. The fourth-order valence-electron chi connectivity index (χ4n) is 5.88. The minimum Gasteiger partial charge on any atom is -0.497 e. The Labute approximate surface area is 274 Å². The summed E-state index contributed by atoms with van der Waals surface area (Å²) in [7, 11) is 1.60. The predicted molar refractivity (Wildman–Crippen MR) is 184 cm³/mol. The number of aromatic nitrogens is 2. The lowest BCUT2D eigenvalue weighted by molar-refractivity contribution is -0.113. The molecule has 228 valence electrons. The monoisotopic (exact) mass is 644 g/mol. The van der Waals surface area contributed by atoms with Crippen LogP contribution in [0.2, 0.25) is 5.02 Å². The van der Waals surface area contributed by atoms with E-state index < -0.39 is 6.04 Å². The fourth-order valence-corrected chi connectivity index (χ4v) is 7.05. The van der Waals surface area contributed by atoms with Gasteiger partial charge < -0.3 is 14.6 Å². The first-order chi connectivity index (χ1) is 22.4. The second-order valence-electron chi connectivity index (χ2n) is 11.0. The van der Waals surface area contributed by atoms with E-state index in [-0.39, 0.29) is 11.5 Å². The van der Waals surface area contributed by atoms with Gasteiger partial charge >= 0.3 is 0 Å². The molecule has 0 bridgehead atoms. The van der Waals surface area contributed by atoms with E-state index in [2.05, 4.69) is 28.2 Å². The molecule has 0 saturated heterocycles. The molecule has 0 aliphatic carbocycles. The molecule has 2 aromatic heterocycles. The Morgan fingerprint density at radius 1 is 0.978 bits per heavy atom. The average molecular weight is 645 g/mol. The van der Waals surface area contributed by atoms with Gasteiger partial charge in [-0.25, -0.2) is 4.99 Å². The molecule has 6 aromatic rings. The van der Waals surface area contributed by atoms with Crippen molar-refractivity contribution in [3.05, 3.63) is 162 Å². The number of benzene rings is 4. The van der Waals surface area contributed by atoms with E-state index in [1.54, 1.807) is 11.7 Å². The van der Waals surface area contributed by atoms with Gasteiger partial charge in [0.1, 0.15) is 5.75 Å². The fraction of sp³-hybridized carbons (Fsp3) is 0.108. The number of para-hydroxylation sites is 2. The first-order valence-electron chi connectivity index (χ1n) is 14.7. The van der Waals surface area contributed by atoms with Crippen molar-refractivity contribution in [2.45, 2.75) is 19.5 Å². The number of nitrogens with one attached hydrogen (secondary N) is 1. The highest BCUT2D eigenvalue weighted by molar-refractivity contribution is 7.07. The van der Waals surface area contributed by atoms with Crippen molar-refractivity contribution < 1.29 is 9.53 Å². The Morgan fingerprint density at radius 2 is 1.70 bits per heavy atom. The molecule has 0 unspecified atom stereocenters. The van der Waals surface area contributed by atoms with Crippen molar-refractivity contribution in [2.24, 2.45) is 4.99 Å². The molecule has 1 aliphatic rings. The molecule has 0 saturated carbocycles. The molecule has 3 heterocycles. The van der Waals surface area contributed by atoms with E-state index >= 15 is 0 Å². The Morgan fingerprint density at radius 3 is 2.43 bits per heavy atom. The lowest BCUT2D eigenvalue weighted by atomic mass is 9.95. The second kappa shape index (κ2) is 12.3. The summed E-state index contributed by atoms with van der Waals surface area (Å²) in [5.74, 6) is 0.370. The van der Waals surface area contributed by atoms with Gasteiger partial charge in [-0.05, 0) is 66.6 Å². The van der Waals surface area contributed by atoms with Crippen LogP contribution in [0.3, 0.4) is 0 Å². The number of carbonyl (C=O) groups is 1. The lowest BCUT2D eigenvalue weighted by Crippen LogP contribution is -2.40. The largest absolute Gasteiger partial charge is 0.497 e. The number of amides is 1. The van der Waals surface area contributed by atoms with E-state index in [9.17, 15) is 9.59 Å². The summed E-state index contributed by atoms with van der Waals surface area (Å²) >= 11 is 7.44. The topological polar surface area (TPSA) is 77.6 Å². The number of anilines is 1. The van der Waals surface area contributed by atoms with Gasteiger partial charge in [-0.3, -0.25) is 14.2 Å². The van der Waals surface area contributed by atoms with E-state index in [0.29, 0.717) is 43.6 Å². The molecule has 7 nitrogen and oxygen atoms in total. The number of halogens is 1. The van der Waals surface area contributed by atoms with Crippen molar-refractivity contribution in [2.75, 3.05) is 12.4 Å². The zero-order chi connectivity index (χ0) is 31.8. The van der Waals surface area contributed by atoms with Crippen LogP contribution in [0.1, 0.15) is 29.7 Å². The lowest BCUT2D eigenvalue weighted by Gasteiger charge is -2.25. The number of rotatable bonds is 7. The van der Waals surface area contributed by atoms with Crippen molar-refractivity contribution in [3.8, 4) is 5.75 Å². The molecule has 9 heteroatoms. The number of thiazole rings is 1. The summed E-state index contributed by atoms with van der Waals surface area (Å²) in [5, 5.41) is 4.73. The summed E-state index contributed by atoms with van der Waals surface area (Å²) in [6, 6.07) is 32.0. The van der Waals surface area contributed by atoms with Crippen LogP contribution in [0, 0.1) is 0 Å². The van der Waals surface area contributed by atoms with Crippen LogP contribution in [0.4, 0.5) is 5.69 Å². The van der Waals surface area contributed by atoms with E-state index in [1.807, 2.05) is 104 Å². The second-order valence-corrected chi connectivity index (χ2v) is 12.5. The van der Waals surface area contributed by atoms with Gasteiger partial charge in [0.05, 0.1) is 29.0 Å². The highest BCUT2D eigenvalue weighted by atomic mass is 35.5. The standard InChI is InChI=1S/C37H29ClN4O3S/c1-23-33(35(43)40-28-8-4-3-5-9-28)34(25-14-18-29(45-2)19-15-25)42-36(44)32(46-37(42)39-23)20-26-22-41(31-11-7-6-10-30(26)31)21-24-12-16-27(38)17-13-24/h3-20,22,34H,21H2,1-2H3,(H,40,43)/b32-20+/t34-/m0/s1. The molecular weight excluding hydrogens is 616 g/mol. The van der Waals surface area contributed by atoms with Crippen molar-refractivity contribution >= 4 is 51.5 Å². The number of fused-ring (bicyclic) bond motifs is 2. The highest BCUT2D eigenvalue weighted by Crippen LogP contribution is 2.32. The zero-order valence-electron chi connectivity index (χ0n) is 25.1. The number of carbonyl (C=O) groups excluding carboxylic acids is 1. The molecular formula is C37H29ClN4O3S. The van der Waals surface area contributed by atoms with Crippen molar-refractivity contribution in [1.82, 2.24) is 9.13 Å². The van der Waals surface area contributed by atoms with Gasteiger partial charge in [-0.15, -0.1) is 0 Å². The molecule has 1 atom stereocenters. The molecule has 4 aromatic carbocycles. The summed E-state index contributed by atoms with van der Waals surface area (Å²) in [6.45, 7) is 2.47. The Hall–Kier alpha value is -5.18. The Balaban J connectivity index is 1.35. The third-order valence-corrected chi connectivity index (χ3v) is 9.34. The molecule has 0 fully saturated rings. The van der Waals surface area contributed by atoms with Crippen LogP contribution in [-0.2, 0) is 11.3 Å². The number of allylic oxidation sites excluding steroid dienone is 1. The van der Waals surface area contributed by atoms with Crippen LogP contribution in [0.15, 0.2) is 130 Å². The molecule has 7 rings (SSSR count). The number of methoxy groups -OCH3 is 1. The van der Waals surface area contributed by atoms with Gasteiger partial charge in [-0.2, -0.15) is 0 Å². The normalized spacial score (nSPS) is 14.7. The first-order valence-corrected chi connectivity index (χ1v) is 15.9. The third kappa shape index (κ3) is 5.57. The summed E-state index contributed by atoms with van der Waals surface area (Å²) in [5.41, 5.74) is 5.30. The van der Waals surface area contributed by atoms with Crippen LogP contribution in [0.25, 0.3) is 17.0 Å². The average Bonchev–Trinajstić information content (AvgIpc) is 3.57. The summed E-state index contributed by atoms with van der Waals surface area (Å²) in [6.07, 6.45) is 4.00. The molecule has 46 heavy (non-hydrogen) atoms. The zero-order valence-corrected chi connectivity index (χ0v) is 26.7. The number of hydrogen-bond donors (Lipinski definition) is 1. The van der Waals surface area contributed by atoms with E-state index in [4.69, 9.17) is 21.3 Å². The quantitative estimate of drug-likeness (QED) is 0.214. The van der Waals surface area contributed by atoms with Crippen LogP contribution < -0.4 is 24.9 Å². The van der Waals surface area contributed by atoms with Crippen LogP contribution >= 0.6 is 22.9 Å².